The van der Waals surface area contributed by atoms with E-state index in [0.717, 1.165) is 24.2 Å². The summed E-state index contributed by atoms with van der Waals surface area (Å²) in [5, 5.41) is 11.2. The molecular formula is C18H27NO2. The third-order valence-corrected chi connectivity index (χ3v) is 5.14. The summed E-state index contributed by atoms with van der Waals surface area (Å²) in [5.74, 6) is 0.880. The number of fused-ring (bicyclic) bond motifs is 2. The molecule has 0 radical (unpaired) electrons. The molecule has 2 atom stereocenters. The zero-order valence-electron chi connectivity index (χ0n) is 13.4. The Morgan fingerprint density at radius 2 is 1.71 bits per heavy atom. The molecule has 0 saturated carbocycles. The Labute approximate surface area is 127 Å². The van der Waals surface area contributed by atoms with E-state index in [-0.39, 0.29) is 6.10 Å². The van der Waals surface area contributed by atoms with Gasteiger partial charge in [-0.15, -0.1) is 0 Å². The molecule has 3 heteroatoms. The van der Waals surface area contributed by atoms with Gasteiger partial charge in [-0.3, -0.25) is 0 Å². The highest BCUT2D eigenvalue weighted by Gasteiger charge is 2.44. The highest BCUT2D eigenvalue weighted by molar-refractivity contribution is 5.32. The molecule has 0 spiro atoms. The Hall–Kier alpha value is -1.06. The highest BCUT2D eigenvalue weighted by atomic mass is 16.5. The molecule has 2 heterocycles. The molecule has 2 saturated heterocycles. The van der Waals surface area contributed by atoms with Crippen LogP contribution in [0, 0.1) is 0 Å². The number of hydrogen-bond acceptors (Lipinski definition) is 3. The average Bonchev–Trinajstić information content (AvgIpc) is 2.41. The lowest BCUT2D eigenvalue weighted by molar-refractivity contribution is -0.0874. The second kappa shape index (κ2) is 5.62. The third-order valence-electron chi connectivity index (χ3n) is 5.14. The summed E-state index contributed by atoms with van der Waals surface area (Å²) in [5.41, 5.74) is 0.377. The molecule has 3 nitrogen and oxygen atoms in total. The van der Waals surface area contributed by atoms with Crippen molar-refractivity contribution in [3.63, 3.8) is 0 Å². The summed E-state index contributed by atoms with van der Waals surface area (Å²) in [4.78, 5) is 2.48. The largest absolute Gasteiger partial charge is 0.491 e. The molecule has 1 aromatic carbocycles. The van der Waals surface area contributed by atoms with Gasteiger partial charge in [0.05, 0.1) is 11.7 Å². The normalized spacial score (nSPS) is 33.2. The van der Waals surface area contributed by atoms with Crippen LogP contribution in [0.5, 0.6) is 5.75 Å². The lowest BCUT2D eigenvalue weighted by atomic mass is 9.73. The molecule has 2 unspecified atom stereocenters. The second-order valence-corrected chi connectivity index (χ2v) is 7.03. The zero-order chi connectivity index (χ0) is 15.0. The fourth-order valence-electron chi connectivity index (χ4n) is 4.00. The number of piperidine rings is 2. The van der Waals surface area contributed by atoms with E-state index in [1.54, 1.807) is 0 Å². The summed E-state index contributed by atoms with van der Waals surface area (Å²) in [6.45, 7) is 4.05. The van der Waals surface area contributed by atoms with Crippen molar-refractivity contribution in [1.29, 1.82) is 0 Å². The summed E-state index contributed by atoms with van der Waals surface area (Å²) in [6, 6.07) is 9.10. The number of nitrogens with zero attached hydrogens (tertiary/aromatic N) is 1. The van der Waals surface area contributed by atoms with Gasteiger partial charge in [0.1, 0.15) is 5.75 Å². The van der Waals surface area contributed by atoms with E-state index in [2.05, 4.69) is 11.9 Å². The van der Waals surface area contributed by atoms with Gasteiger partial charge in [0.2, 0.25) is 0 Å². The van der Waals surface area contributed by atoms with Crippen LogP contribution in [0.2, 0.25) is 0 Å². The molecule has 1 N–H and O–H groups in total. The Bertz CT molecular complexity index is 468. The van der Waals surface area contributed by atoms with E-state index in [4.69, 9.17) is 4.74 Å². The third kappa shape index (κ3) is 2.95. The van der Waals surface area contributed by atoms with E-state index in [9.17, 15) is 5.11 Å². The van der Waals surface area contributed by atoms with Crippen molar-refractivity contribution >= 4 is 0 Å². The first-order chi connectivity index (χ1) is 9.98. The van der Waals surface area contributed by atoms with E-state index >= 15 is 0 Å². The first-order valence-electron chi connectivity index (χ1n) is 8.19. The lowest BCUT2D eigenvalue weighted by Gasteiger charge is -2.50. The number of hydrogen-bond donors (Lipinski definition) is 1. The first kappa shape index (κ1) is 14.9. The maximum atomic E-state index is 11.2. The van der Waals surface area contributed by atoms with Crippen LogP contribution >= 0.6 is 0 Å². The van der Waals surface area contributed by atoms with Gasteiger partial charge in [-0.05, 0) is 64.3 Å². The molecular weight excluding hydrogens is 262 g/mol. The van der Waals surface area contributed by atoms with Gasteiger partial charge < -0.3 is 14.7 Å². The SMILES string of the molecule is CC(C)Oc1ccc(C2(O)CC3CCCC(C2)N3C)cc1. The van der Waals surface area contributed by atoms with Crippen molar-refractivity contribution in [2.75, 3.05) is 7.05 Å². The Balaban J connectivity index is 1.79. The summed E-state index contributed by atoms with van der Waals surface area (Å²) in [7, 11) is 2.22. The van der Waals surface area contributed by atoms with Crippen molar-refractivity contribution in [2.45, 2.75) is 69.7 Å². The van der Waals surface area contributed by atoms with Crippen molar-refractivity contribution in [2.24, 2.45) is 0 Å². The summed E-state index contributed by atoms with van der Waals surface area (Å²) >= 11 is 0. The van der Waals surface area contributed by atoms with E-state index in [1.807, 2.05) is 38.1 Å². The van der Waals surface area contributed by atoms with Crippen LogP contribution in [0.1, 0.15) is 51.5 Å². The first-order valence-corrected chi connectivity index (χ1v) is 8.19. The molecule has 0 aromatic heterocycles. The van der Waals surface area contributed by atoms with Crippen LogP contribution in [0.15, 0.2) is 24.3 Å². The van der Waals surface area contributed by atoms with Crippen LogP contribution in [0.3, 0.4) is 0 Å². The maximum absolute atomic E-state index is 11.2. The topological polar surface area (TPSA) is 32.7 Å². The van der Waals surface area contributed by atoms with Crippen LogP contribution in [-0.4, -0.2) is 35.2 Å². The molecule has 3 rings (SSSR count). The molecule has 21 heavy (non-hydrogen) atoms. The molecule has 2 aliphatic rings. The molecule has 0 amide bonds. The quantitative estimate of drug-likeness (QED) is 0.926. The smallest absolute Gasteiger partial charge is 0.119 e. The highest BCUT2D eigenvalue weighted by Crippen LogP contribution is 2.43. The van der Waals surface area contributed by atoms with Gasteiger partial charge in [0, 0.05) is 12.1 Å². The molecule has 116 valence electrons. The Kier molecular flexibility index (Phi) is 3.98. The Morgan fingerprint density at radius 3 is 2.24 bits per heavy atom. The van der Waals surface area contributed by atoms with Crippen LogP contribution < -0.4 is 4.74 Å². The molecule has 2 aliphatic heterocycles. The van der Waals surface area contributed by atoms with Crippen molar-refractivity contribution in [3.05, 3.63) is 29.8 Å². The maximum Gasteiger partial charge on any atom is 0.119 e. The van der Waals surface area contributed by atoms with Crippen molar-refractivity contribution in [1.82, 2.24) is 4.90 Å². The minimum Gasteiger partial charge on any atom is -0.491 e. The van der Waals surface area contributed by atoms with Gasteiger partial charge in [-0.1, -0.05) is 18.6 Å². The van der Waals surface area contributed by atoms with Gasteiger partial charge in [0.25, 0.3) is 0 Å². The summed E-state index contributed by atoms with van der Waals surface area (Å²) < 4.78 is 5.69. The predicted molar refractivity (Wildman–Crippen MR) is 84.5 cm³/mol. The minimum absolute atomic E-state index is 0.182. The lowest BCUT2D eigenvalue weighted by Crippen LogP contribution is -2.55. The molecule has 0 aliphatic carbocycles. The van der Waals surface area contributed by atoms with Crippen LogP contribution in [0.25, 0.3) is 0 Å². The van der Waals surface area contributed by atoms with Gasteiger partial charge >= 0.3 is 0 Å². The fourth-order valence-corrected chi connectivity index (χ4v) is 4.00. The predicted octanol–water partition coefficient (Wildman–Crippen LogP) is 3.31. The standard InChI is InChI=1S/C18H27NO2/c1-13(2)21-17-9-7-14(8-10-17)18(20)11-15-5-4-6-16(12-18)19(15)3/h7-10,13,15-16,20H,4-6,11-12H2,1-3H3. The van der Waals surface area contributed by atoms with E-state index < -0.39 is 5.60 Å². The second-order valence-electron chi connectivity index (χ2n) is 7.03. The number of aliphatic hydroxyl groups is 1. The van der Waals surface area contributed by atoms with Gasteiger partial charge in [0.15, 0.2) is 0 Å². The van der Waals surface area contributed by atoms with Gasteiger partial charge in [-0.2, -0.15) is 0 Å². The average molecular weight is 289 g/mol. The molecule has 1 aromatic rings. The fraction of sp³-hybridized carbons (Fsp3) is 0.667. The monoisotopic (exact) mass is 289 g/mol. The summed E-state index contributed by atoms with van der Waals surface area (Å²) in [6.07, 6.45) is 5.61. The van der Waals surface area contributed by atoms with E-state index in [0.29, 0.717) is 12.1 Å². The molecule has 2 fully saturated rings. The van der Waals surface area contributed by atoms with Crippen molar-refractivity contribution in [3.8, 4) is 5.75 Å². The van der Waals surface area contributed by atoms with E-state index in [1.165, 1.54) is 19.3 Å². The van der Waals surface area contributed by atoms with Crippen molar-refractivity contribution < 1.29 is 9.84 Å². The van der Waals surface area contributed by atoms with Gasteiger partial charge in [-0.25, -0.2) is 0 Å². The Morgan fingerprint density at radius 1 is 1.14 bits per heavy atom. The zero-order valence-corrected chi connectivity index (χ0v) is 13.4. The van der Waals surface area contributed by atoms with Crippen LogP contribution in [0.4, 0.5) is 0 Å². The number of ether oxygens (including phenoxy) is 1. The minimum atomic E-state index is -0.668. The van der Waals surface area contributed by atoms with Crippen LogP contribution in [-0.2, 0) is 5.60 Å². The number of benzene rings is 1. The molecule has 2 bridgehead atoms. The number of rotatable bonds is 3.